The maximum Gasteiger partial charge on any atom is 0.191 e. The second kappa shape index (κ2) is 10.4. The highest BCUT2D eigenvalue weighted by Crippen LogP contribution is 2.31. The number of hydrogen-bond donors (Lipinski definition) is 2. The Morgan fingerprint density at radius 2 is 1.90 bits per heavy atom. The largest absolute Gasteiger partial charge is 0.493 e. The first-order chi connectivity index (χ1) is 14.9. The summed E-state index contributed by atoms with van der Waals surface area (Å²) in [6.07, 6.45) is 3.33. The predicted octanol–water partition coefficient (Wildman–Crippen LogP) is 3.96. The van der Waals surface area contributed by atoms with Crippen LogP contribution in [0, 0.1) is 0 Å². The number of fused-ring (bicyclic) bond motifs is 1. The summed E-state index contributed by atoms with van der Waals surface area (Å²) in [6.45, 7) is 2.51. The fourth-order valence-corrected chi connectivity index (χ4v) is 3.40. The lowest BCUT2D eigenvalue weighted by Gasteiger charge is -2.28. The molecule has 1 aromatic heterocycles. The summed E-state index contributed by atoms with van der Waals surface area (Å²) in [6, 6.07) is 22.0. The number of guanidine groups is 1. The Balaban J connectivity index is 1.36. The van der Waals surface area contributed by atoms with E-state index in [4.69, 9.17) is 18.9 Å². The van der Waals surface area contributed by atoms with Crippen LogP contribution in [0.2, 0.25) is 0 Å². The summed E-state index contributed by atoms with van der Waals surface area (Å²) < 4.78 is 17.0. The minimum Gasteiger partial charge on any atom is -0.493 e. The fourth-order valence-electron chi connectivity index (χ4n) is 3.40. The Kier molecular flexibility index (Phi) is 6.89. The molecule has 0 bridgehead atoms. The number of nitrogens with zero attached hydrogens (tertiary/aromatic N) is 1. The topological polar surface area (TPSA) is 68.0 Å². The van der Waals surface area contributed by atoms with E-state index in [2.05, 4.69) is 16.7 Å². The molecule has 4 rings (SSSR count). The zero-order chi connectivity index (χ0) is 20.4. The number of rotatable bonds is 8. The molecule has 1 unspecified atom stereocenters. The van der Waals surface area contributed by atoms with Crippen molar-refractivity contribution in [1.29, 1.82) is 0 Å². The maximum absolute atomic E-state index is 5.79. The smallest absolute Gasteiger partial charge is 0.191 e. The van der Waals surface area contributed by atoms with Crippen LogP contribution >= 0.6 is 0 Å². The summed E-state index contributed by atoms with van der Waals surface area (Å²) in [7, 11) is 0. The minimum absolute atomic E-state index is 0.153. The molecule has 6 heteroatoms. The predicted molar refractivity (Wildman–Crippen MR) is 117 cm³/mol. The Hall–Kier alpha value is -3.41. The van der Waals surface area contributed by atoms with E-state index in [0.29, 0.717) is 26.3 Å². The van der Waals surface area contributed by atoms with Gasteiger partial charge in [-0.15, -0.1) is 0 Å². The zero-order valence-corrected chi connectivity index (χ0v) is 16.9. The number of para-hydroxylation sites is 2. The van der Waals surface area contributed by atoms with Gasteiger partial charge in [-0.2, -0.15) is 0 Å². The third-order valence-corrected chi connectivity index (χ3v) is 4.88. The van der Waals surface area contributed by atoms with Gasteiger partial charge in [-0.1, -0.05) is 36.4 Å². The van der Waals surface area contributed by atoms with Crippen LogP contribution in [0.3, 0.4) is 0 Å². The SMILES string of the molecule is c1ccc(OCCNC(=NCCc2ccco2)NC2CCOc3ccccc32)cc1. The molecule has 0 saturated heterocycles. The molecule has 0 saturated carbocycles. The van der Waals surface area contributed by atoms with Gasteiger partial charge in [-0.25, -0.2) is 0 Å². The van der Waals surface area contributed by atoms with Gasteiger partial charge in [0.05, 0.1) is 25.5 Å². The van der Waals surface area contributed by atoms with Crippen molar-refractivity contribution >= 4 is 5.96 Å². The van der Waals surface area contributed by atoms with Gasteiger partial charge in [-0.3, -0.25) is 4.99 Å². The van der Waals surface area contributed by atoms with E-state index in [1.165, 1.54) is 0 Å². The molecule has 156 valence electrons. The van der Waals surface area contributed by atoms with Crippen LogP contribution in [0.25, 0.3) is 0 Å². The minimum atomic E-state index is 0.153. The van der Waals surface area contributed by atoms with Gasteiger partial charge < -0.3 is 24.5 Å². The van der Waals surface area contributed by atoms with Crippen molar-refractivity contribution in [2.45, 2.75) is 18.9 Å². The van der Waals surface area contributed by atoms with Crippen molar-refractivity contribution in [3.8, 4) is 11.5 Å². The quantitative estimate of drug-likeness (QED) is 0.337. The molecular formula is C24H27N3O3. The van der Waals surface area contributed by atoms with Gasteiger partial charge in [0.15, 0.2) is 5.96 Å². The fraction of sp³-hybridized carbons (Fsp3) is 0.292. The zero-order valence-electron chi connectivity index (χ0n) is 16.9. The van der Waals surface area contributed by atoms with Crippen LogP contribution in [0.15, 0.2) is 82.4 Å². The average molecular weight is 405 g/mol. The van der Waals surface area contributed by atoms with Crippen LogP contribution in [-0.2, 0) is 6.42 Å². The summed E-state index contributed by atoms with van der Waals surface area (Å²) in [5, 5.41) is 6.95. The number of benzene rings is 2. The van der Waals surface area contributed by atoms with E-state index in [0.717, 1.165) is 41.6 Å². The molecule has 2 N–H and O–H groups in total. The van der Waals surface area contributed by atoms with E-state index < -0.39 is 0 Å². The van der Waals surface area contributed by atoms with Crippen molar-refractivity contribution in [2.75, 3.05) is 26.3 Å². The first-order valence-corrected chi connectivity index (χ1v) is 10.4. The molecule has 0 radical (unpaired) electrons. The molecule has 1 aliphatic rings. The van der Waals surface area contributed by atoms with Crippen LogP contribution in [0.5, 0.6) is 11.5 Å². The molecule has 2 heterocycles. The lowest BCUT2D eigenvalue weighted by atomic mass is 10.0. The second-order valence-electron chi connectivity index (χ2n) is 7.02. The van der Waals surface area contributed by atoms with Crippen LogP contribution < -0.4 is 20.1 Å². The normalized spacial score (nSPS) is 15.7. The van der Waals surface area contributed by atoms with Crippen molar-refractivity contribution in [1.82, 2.24) is 10.6 Å². The van der Waals surface area contributed by atoms with E-state index in [-0.39, 0.29) is 6.04 Å². The number of ether oxygens (including phenoxy) is 2. The molecule has 2 aromatic carbocycles. The van der Waals surface area contributed by atoms with E-state index in [9.17, 15) is 0 Å². The van der Waals surface area contributed by atoms with Crippen LogP contribution in [0.4, 0.5) is 0 Å². The summed E-state index contributed by atoms with van der Waals surface area (Å²) >= 11 is 0. The molecule has 30 heavy (non-hydrogen) atoms. The lowest BCUT2D eigenvalue weighted by Crippen LogP contribution is -2.42. The van der Waals surface area contributed by atoms with Gasteiger partial charge in [0.2, 0.25) is 0 Å². The first kappa shape index (κ1) is 19.9. The molecule has 3 aromatic rings. The highest BCUT2D eigenvalue weighted by molar-refractivity contribution is 5.80. The number of nitrogens with one attached hydrogen (secondary N) is 2. The van der Waals surface area contributed by atoms with Crippen molar-refractivity contribution in [3.05, 3.63) is 84.3 Å². The molecule has 0 amide bonds. The Bertz CT molecular complexity index is 926. The molecule has 0 fully saturated rings. The number of hydrogen-bond acceptors (Lipinski definition) is 4. The lowest BCUT2D eigenvalue weighted by molar-refractivity contribution is 0.261. The van der Waals surface area contributed by atoms with E-state index >= 15 is 0 Å². The highest BCUT2D eigenvalue weighted by Gasteiger charge is 2.21. The van der Waals surface area contributed by atoms with Crippen molar-refractivity contribution < 1.29 is 13.9 Å². The maximum atomic E-state index is 5.79. The first-order valence-electron chi connectivity index (χ1n) is 10.4. The Labute approximate surface area is 176 Å². The van der Waals surface area contributed by atoms with Gasteiger partial charge in [-0.05, 0) is 30.3 Å². The molecule has 0 aliphatic carbocycles. The molecule has 1 atom stereocenters. The standard InChI is InChI=1S/C24H27N3O3/c1-2-7-19(8-3-1)29-18-15-26-24(25-14-12-20-9-6-16-28-20)27-22-13-17-30-23-11-5-4-10-21(22)23/h1-11,16,22H,12-15,17-18H2,(H2,25,26,27). The van der Waals surface area contributed by atoms with Crippen LogP contribution in [-0.4, -0.2) is 32.3 Å². The molecular weight excluding hydrogens is 378 g/mol. The van der Waals surface area contributed by atoms with Gasteiger partial charge in [0.25, 0.3) is 0 Å². The number of aliphatic imine (C=N–C) groups is 1. The third-order valence-electron chi connectivity index (χ3n) is 4.88. The Morgan fingerprint density at radius 1 is 1.03 bits per heavy atom. The van der Waals surface area contributed by atoms with E-state index in [1.807, 2.05) is 60.7 Å². The highest BCUT2D eigenvalue weighted by atomic mass is 16.5. The summed E-state index contributed by atoms with van der Waals surface area (Å²) in [4.78, 5) is 4.75. The molecule has 6 nitrogen and oxygen atoms in total. The summed E-state index contributed by atoms with van der Waals surface area (Å²) in [5.74, 6) is 3.49. The second-order valence-corrected chi connectivity index (χ2v) is 7.02. The van der Waals surface area contributed by atoms with Gasteiger partial charge >= 0.3 is 0 Å². The summed E-state index contributed by atoms with van der Waals surface area (Å²) in [5.41, 5.74) is 1.16. The Morgan fingerprint density at radius 3 is 2.77 bits per heavy atom. The molecule has 1 aliphatic heterocycles. The third kappa shape index (κ3) is 5.56. The number of furan rings is 1. The van der Waals surface area contributed by atoms with Crippen molar-refractivity contribution in [3.63, 3.8) is 0 Å². The van der Waals surface area contributed by atoms with Gasteiger partial charge in [0.1, 0.15) is 23.9 Å². The molecule has 0 spiro atoms. The van der Waals surface area contributed by atoms with Crippen molar-refractivity contribution in [2.24, 2.45) is 4.99 Å². The average Bonchev–Trinajstić information content (AvgIpc) is 3.31. The van der Waals surface area contributed by atoms with Crippen LogP contribution in [0.1, 0.15) is 23.8 Å². The van der Waals surface area contributed by atoms with Gasteiger partial charge in [0, 0.05) is 24.9 Å². The monoisotopic (exact) mass is 405 g/mol. The van der Waals surface area contributed by atoms with E-state index in [1.54, 1.807) is 6.26 Å².